The number of carbonyl (C=O) groups excluding carboxylic acids is 1. The zero-order chi connectivity index (χ0) is 10.6. The first-order chi connectivity index (χ1) is 6.65. The summed E-state index contributed by atoms with van der Waals surface area (Å²) in [5.74, 6) is 0.385. The molecule has 0 aromatic rings. The van der Waals surface area contributed by atoms with Gasteiger partial charge in [0.05, 0.1) is 0 Å². The molecule has 1 fully saturated rings. The summed E-state index contributed by atoms with van der Waals surface area (Å²) in [5, 5.41) is 2.94. The Kier molecular flexibility index (Phi) is 4.69. The van der Waals surface area contributed by atoms with Crippen molar-refractivity contribution in [2.24, 2.45) is 5.92 Å². The van der Waals surface area contributed by atoms with E-state index >= 15 is 0 Å². The second-order valence-electron chi connectivity index (χ2n) is 4.08. The Bertz CT molecular complexity index is 199. The second kappa shape index (κ2) is 5.56. The maximum Gasteiger partial charge on any atom is 0.224 e. The molecule has 1 rings (SSSR count). The normalized spacial score (nSPS) is 24.9. The number of likely N-dealkylation sites (tertiary alicyclic amines) is 1. The number of carbonyl (C=O) groups is 1. The fraction of sp³-hybridized carbons (Fsp3) is 0.900. The van der Waals surface area contributed by atoms with Gasteiger partial charge in [-0.15, -0.1) is 11.6 Å². The summed E-state index contributed by atoms with van der Waals surface area (Å²) >= 11 is 5.60. The first-order valence-corrected chi connectivity index (χ1v) is 5.72. The van der Waals surface area contributed by atoms with E-state index < -0.39 is 0 Å². The molecule has 4 heteroatoms. The maximum atomic E-state index is 11.4. The molecule has 0 bridgehead atoms. The highest BCUT2D eigenvalue weighted by atomic mass is 35.5. The Morgan fingerprint density at radius 2 is 2.43 bits per heavy atom. The average Bonchev–Trinajstić information content (AvgIpc) is 2.59. The molecule has 1 N–H and O–H groups in total. The Hall–Kier alpha value is -0.280. The van der Waals surface area contributed by atoms with Crippen molar-refractivity contribution in [2.75, 3.05) is 26.0 Å². The average molecular weight is 219 g/mol. The molecule has 1 heterocycles. The van der Waals surface area contributed by atoms with E-state index in [4.69, 9.17) is 11.6 Å². The van der Waals surface area contributed by atoms with Gasteiger partial charge in [0.2, 0.25) is 5.91 Å². The molecule has 0 aromatic heterocycles. The molecular formula is C10H19ClN2O. The minimum Gasteiger partial charge on any atom is -0.354 e. The van der Waals surface area contributed by atoms with E-state index in [2.05, 4.69) is 17.3 Å². The number of nitrogens with one attached hydrogen (secondary N) is 1. The number of likely N-dealkylation sites (N-methyl/N-ethyl adjacent to an activating group) is 1. The Morgan fingerprint density at radius 1 is 1.71 bits per heavy atom. The molecule has 0 radical (unpaired) electrons. The molecule has 2 unspecified atom stereocenters. The number of rotatable bonds is 4. The lowest BCUT2D eigenvalue weighted by molar-refractivity contribution is -0.124. The number of alkyl halides is 1. The van der Waals surface area contributed by atoms with Gasteiger partial charge in [-0.3, -0.25) is 4.79 Å². The van der Waals surface area contributed by atoms with E-state index in [0.29, 0.717) is 11.9 Å². The fourth-order valence-corrected chi connectivity index (χ4v) is 1.84. The summed E-state index contributed by atoms with van der Waals surface area (Å²) in [6.45, 7) is 3.75. The maximum absolute atomic E-state index is 11.4. The van der Waals surface area contributed by atoms with Gasteiger partial charge in [0.25, 0.3) is 0 Å². The van der Waals surface area contributed by atoms with Crippen molar-refractivity contribution in [3.63, 3.8) is 0 Å². The molecule has 82 valence electrons. The van der Waals surface area contributed by atoms with Crippen molar-refractivity contribution in [1.82, 2.24) is 10.2 Å². The lowest BCUT2D eigenvalue weighted by Gasteiger charge is -2.20. The van der Waals surface area contributed by atoms with Crippen LogP contribution in [0.5, 0.6) is 0 Å². The molecule has 3 nitrogen and oxygen atoms in total. The highest BCUT2D eigenvalue weighted by molar-refractivity contribution is 6.19. The topological polar surface area (TPSA) is 32.3 Å². The zero-order valence-corrected chi connectivity index (χ0v) is 9.68. The third-order valence-electron chi connectivity index (χ3n) is 2.86. The third-order valence-corrected chi connectivity index (χ3v) is 3.33. The summed E-state index contributed by atoms with van der Waals surface area (Å²) in [5.41, 5.74) is 0. The van der Waals surface area contributed by atoms with Crippen LogP contribution in [0.1, 0.15) is 19.8 Å². The van der Waals surface area contributed by atoms with Gasteiger partial charge in [-0.25, -0.2) is 0 Å². The van der Waals surface area contributed by atoms with E-state index in [0.717, 1.165) is 13.1 Å². The van der Waals surface area contributed by atoms with Crippen molar-refractivity contribution in [2.45, 2.75) is 25.8 Å². The molecule has 14 heavy (non-hydrogen) atoms. The van der Waals surface area contributed by atoms with E-state index in [1.807, 2.05) is 6.92 Å². The summed E-state index contributed by atoms with van der Waals surface area (Å²) in [6.07, 6.45) is 2.42. The van der Waals surface area contributed by atoms with E-state index in [9.17, 15) is 4.79 Å². The first kappa shape index (κ1) is 11.8. The predicted molar refractivity (Wildman–Crippen MR) is 58.5 cm³/mol. The van der Waals surface area contributed by atoms with Gasteiger partial charge in [0.15, 0.2) is 0 Å². The molecular weight excluding hydrogens is 200 g/mol. The van der Waals surface area contributed by atoms with Crippen molar-refractivity contribution < 1.29 is 4.79 Å². The smallest absolute Gasteiger partial charge is 0.224 e. The molecule has 0 spiro atoms. The number of halogens is 1. The SMILES string of the molecule is CC(CCl)C(=O)NCC1CCCN1C. The van der Waals surface area contributed by atoms with Crippen LogP contribution in [-0.2, 0) is 4.79 Å². The standard InChI is InChI=1S/C10H19ClN2O/c1-8(6-11)10(14)12-7-9-4-3-5-13(9)2/h8-9H,3-7H2,1-2H3,(H,12,14). The van der Waals surface area contributed by atoms with Crippen molar-refractivity contribution >= 4 is 17.5 Å². The minimum absolute atomic E-state index is 0.0697. The van der Waals surface area contributed by atoms with Crippen LogP contribution in [0.15, 0.2) is 0 Å². The Labute approximate surface area is 90.8 Å². The lowest BCUT2D eigenvalue weighted by Crippen LogP contribution is -2.40. The summed E-state index contributed by atoms with van der Waals surface area (Å²) in [4.78, 5) is 13.7. The lowest BCUT2D eigenvalue weighted by atomic mass is 10.2. The molecule has 1 amide bonds. The Balaban J connectivity index is 2.22. The molecule has 1 aliphatic heterocycles. The van der Waals surface area contributed by atoms with Gasteiger partial charge in [-0.05, 0) is 26.4 Å². The van der Waals surface area contributed by atoms with Gasteiger partial charge < -0.3 is 10.2 Å². The van der Waals surface area contributed by atoms with Crippen LogP contribution >= 0.6 is 11.6 Å². The van der Waals surface area contributed by atoms with Crippen molar-refractivity contribution in [3.05, 3.63) is 0 Å². The number of hydrogen-bond donors (Lipinski definition) is 1. The van der Waals surface area contributed by atoms with Crippen molar-refractivity contribution in [3.8, 4) is 0 Å². The van der Waals surface area contributed by atoms with Crippen LogP contribution < -0.4 is 5.32 Å². The molecule has 1 aliphatic rings. The van der Waals surface area contributed by atoms with Gasteiger partial charge in [0.1, 0.15) is 0 Å². The van der Waals surface area contributed by atoms with Crippen LogP contribution in [0.3, 0.4) is 0 Å². The predicted octanol–water partition coefficient (Wildman–Crippen LogP) is 1.07. The minimum atomic E-state index is -0.0802. The largest absolute Gasteiger partial charge is 0.354 e. The van der Waals surface area contributed by atoms with Gasteiger partial charge in [-0.2, -0.15) is 0 Å². The highest BCUT2D eigenvalue weighted by Crippen LogP contribution is 2.13. The van der Waals surface area contributed by atoms with Crippen LogP contribution in [0.2, 0.25) is 0 Å². The molecule has 1 saturated heterocycles. The van der Waals surface area contributed by atoms with E-state index in [-0.39, 0.29) is 11.8 Å². The molecule has 0 saturated carbocycles. The third kappa shape index (κ3) is 3.14. The van der Waals surface area contributed by atoms with Gasteiger partial charge in [-0.1, -0.05) is 6.92 Å². The van der Waals surface area contributed by atoms with E-state index in [1.54, 1.807) is 0 Å². The van der Waals surface area contributed by atoms with Crippen LogP contribution in [0.25, 0.3) is 0 Å². The molecule has 0 aliphatic carbocycles. The van der Waals surface area contributed by atoms with Crippen LogP contribution in [-0.4, -0.2) is 42.9 Å². The van der Waals surface area contributed by atoms with Crippen molar-refractivity contribution in [1.29, 1.82) is 0 Å². The zero-order valence-electron chi connectivity index (χ0n) is 8.92. The fourth-order valence-electron chi connectivity index (χ4n) is 1.70. The van der Waals surface area contributed by atoms with Crippen LogP contribution in [0, 0.1) is 5.92 Å². The highest BCUT2D eigenvalue weighted by Gasteiger charge is 2.21. The number of hydrogen-bond acceptors (Lipinski definition) is 2. The Morgan fingerprint density at radius 3 is 2.93 bits per heavy atom. The summed E-state index contributed by atoms with van der Waals surface area (Å²) < 4.78 is 0. The molecule has 0 aromatic carbocycles. The van der Waals surface area contributed by atoms with E-state index in [1.165, 1.54) is 12.8 Å². The first-order valence-electron chi connectivity index (χ1n) is 5.19. The van der Waals surface area contributed by atoms with Crippen LogP contribution in [0.4, 0.5) is 0 Å². The quantitative estimate of drug-likeness (QED) is 0.717. The van der Waals surface area contributed by atoms with Gasteiger partial charge >= 0.3 is 0 Å². The number of nitrogens with zero attached hydrogens (tertiary/aromatic N) is 1. The summed E-state index contributed by atoms with van der Waals surface area (Å²) in [6, 6.07) is 0.515. The second-order valence-corrected chi connectivity index (χ2v) is 4.39. The summed E-state index contributed by atoms with van der Waals surface area (Å²) in [7, 11) is 2.11. The molecule has 2 atom stereocenters. The number of amides is 1. The van der Waals surface area contributed by atoms with Gasteiger partial charge in [0, 0.05) is 24.4 Å². The monoisotopic (exact) mass is 218 g/mol.